The summed E-state index contributed by atoms with van der Waals surface area (Å²) in [6, 6.07) is 4.31. The maximum atomic E-state index is 12.5. The van der Waals surface area contributed by atoms with Crippen LogP contribution in [0.15, 0.2) is 18.3 Å². The van der Waals surface area contributed by atoms with Crippen LogP contribution in [0.5, 0.6) is 0 Å². The highest BCUT2D eigenvalue weighted by molar-refractivity contribution is 5.69. The Morgan fingerprint density at radius 3 is 2.46 bits per heavy atom. The summed E-state index contributed by atoms with van der Waals surface area (Å²) < 4.78 is 5.59. The van der Waals surface area contributed by atoms with E-state index in [1.54, 1.807) is 0 Å². The Labute approximate surface area is 145 Å². The molecule has 24 heavy (non-hydrogen) atoms. The molecule has 0 aromatic carbocycles. The Morgan fingerprint density at radius 2 is 1.83 bits per heavy atom. The highest BCUT2D eigenvalue weighted by atomic mass is 16.6. The molecule has 1 atom stereocenters. The summed E-state index contributed by atoms with van der Waals surface area (Å²) in [5.74, 6) is 1.05. The number of carbonyl (C=O) groups excluding carboxylic acids is 1. The number of hydrogen-bond acceptors (Lipinski definition) is 4. The fourth-order valence-corrected chi connectivity index (χ4v) is 3.55. The van der Waals surface area contributed by atoms with E-state index in [1.165, 1.54) is 12.8 Å². The van der Waals surface area contributed by atoms with Crippen LogP contribution in [0.3, 0.4) is 0 Å². The minimum Gasteiger partial charge on any atom is -0.444 e. The number of piperidine rings is 1. The highest BCUT2D eigenvalue weighted by Crippen LogP contribution is 2.32. The van der Waals surface area contributed by atoms with Gasteiger partial charge in [0, 0.05) is 25.8 Å². The van der Waals surface area contributed by atoms with Gasteiger partial charge in [-0.3, -0.25) is 0 Å². The number of nitrogens with zero attached hydrogens (tertiary/aromatic N) is 3. The van der Waals surface area contributed by atoms with Crippen LogP contribution in [-0.2, 0) is 4.74 Å². The van der Waals surface area contributed by atoms with Crippen LogP contribution in [-0.4, -0.2) is 41.2 Å². The number of hydrogen-bond donors (Lipinski definition) is 0. The van der Waals surface area contributed by atoms with Crippen molar-refractivity contribution in [1.82, 2.24) is 9.88 Å². The molecule has 2 aliphatic rings. The van der Waals surface area contributed by atoms with Crippen LogP contribution in [0.2, 0.25) is 0 Å². The molecule has 0 N–H and O–H groups in total. The highest BCUT2D eigenvalue weighted by Gasteiger charge is 2.31. The number of likely N-dealkylation sites (tertiary alicyclic amines) is 1. The molecular formula is C19H29N3O2. The lowest BCUT2D eigenvalue weighted by molar-refractivity contribution is 0.00948. The van der Waals surface area contributed by atoms with Crippen LogP contribution in [0.1, 0.15) is 64.5 Å². The first kappa shape index (κ1) is 17.1. The van der Waals surface area contributed by atoms with E-state index in [9.17, 15) is 4.79 Å². The molecule has 0 radical (unpaired) electrons. The van der Waals surface area contributed by atoms with Gasteiger partial charge in [0.1, 0.15) is 11.4 Å². The molecule has 0 spiro atoms. The third kappa shape index (κ3) is 4.00. The molecule has 0 bridgehead atoms. The van der Waals surface area contributed by atoms with Gasteiger partial charge in [-0.05, 0) is 64.5 Å². The van der Waals surface area contributed by atoms with Crippen molar-refractivity contribution in [2.24, 2.45) is 0 Å². The van der Waals surface area contributed by atoms with Crippen LogP contribution < -0.4 is 4.90 Å². The topological polar surface area (TPSA) is 45.7 Å². The van der Waals surface area contributed by atoms with Gasteiger partial charge in [0.25, 0.3) is 0 Å². The first-order valence-corrected chi connectivity index (χ1v) is 9.14. The Bertz CT molecular complexity index is 559. The van der Waals surface area contributed by atoms with Gasteiger partial charge in [-0.15, -0.1) is 0 Å². The molecule has 1 unspecified atom stereocenters. The summed E-state index contributed by atoms with van der Waals surface area (Å²) >= 11 is 0. The second kappa shape index (κ2) is 6.99. The fraction of sp³-hybridized carbons (Fsp3) is 0.684. The zero-order valence-electron chi connectivity index (χ0n) is 15.1. The first-order chi connectivity index (χ1) is 11.4. The zero-order valence-corrected chi connectivity index (χ0v) is 15.1. The number of rotatable bonds is 2. The van der Waals surface area contributed by atoms with Crippen molar-refractivity contribution >= 4 is 11.9 Å². The lowest BCUT2D eigenvalue weighted by Gasteiger charge is -2.37. The normalized spacial score (nSPS) is 21.9. The van der Waals surface area contributed by atoms with Crippen molar-refractivity contribution in [3.8, 4) is 0 Å². The van der Waals surface area contributed by atoms with Crippen molar-refractivity contribution in [1.29, 1.82) is 0 Å². The van der Waals surface area contributed by atoms with Crippen molar-refractivity contribution in [2.45, 2.75) is 64.5 Å². The van der Waals surface area contributed by atoms with E-state index in [2.05, 4.69) is 22.0 Å². The molecule has 5 heteroatoms. The molecule has 1 amide bonds. The van der Waals surface area contributed by atoms with E-state index >= 15 is 0 Å². The smallest absolute Gasteiger partial charge is 0.410 e. The average Bonchev–Trinajstić information content (AvgIpc) is 3.08. The van der Waals surface area contributed by atoms with Crippen molar-refractivity contribution in [3.63, 3.8) is 0 Å². The van der Waals surface area contributed by atoms with Crippen molar-refractivity contribution in [2.75, 3.05) is 24.5 Å². The largest absolute Gasteiger partial charge is 0.444 e. The van der Waals surface area contributed by atoms with Gasteiger partial charge in [0.15, 0.2) is 0 Å². The Kier molecular flexibility index (Phi) is 4.97. The summed E-state index contributed by atoms with van der Waals surface area (Å²) in [6.45, 7) is 8.69. The molecule has 1 aromatic rings. The van der Waals surface area contributed by atoms with Gasteiger partial charge in [-0.25, -0.2) is 9.78 Å². The minimum absolute atomic E-state index is 0.0775. The standard InChI is InChI=1S/C19H29N3O2/c1-19(2,3)24-18(23)22-13-5-4-8-16(22)15-9-10-17(20-14-15)21-11-6-7-12-21/h9-10,14,16H,4-8,11-13H2,1-3H3. The van der Waals surface area contributed by atoms with Gasteiger partial charge >= 0.3 is 6.09 Å². The third-order valence-corrected chi connectivity index (χ3v) is 4.72. The van der Waals surface area contributed by atoms with E-state index < -0.39 is 5.60 Å². The number of carbonyl (C=O) groups is 1. The predicted molar refractivity (Wildman–Crippen MR) is 95.2 cm³/mol. The molecule has 2 fully saturated rings. The summed E-state index contributed by atoms with van der Waals surface area (Å²) in [6.07, 6.45) is 7.38. The third-order valence-electron chi connectivity index (χ3n) is 4.72. The summed E-state index contributed by atoms with van der Waals surface area (Å²) in [4.78, 5) is 21.4. The van der Waals surface area contributed by atoms with Crippen LogP contribution in [0.25, 0.3) is 0 Å². The SMILES string of the molecule is CC(C)(C)OC(=O)N1CCCCC1c1ccc(N2CCCC2)nc1. The quantitative estimate of drug-likeness (QED) is 0.817. The molecule has 0 saturated carbocycles. The molecule has 5 nitrogen and oxygen atoms in total. The number of anilines is 1. The molecule has 0 aliphatic carbocycles. The minimum atomic E-state index is -0.461. The second-order valence-electron chi connectivity index (χ2n) is 7.83. The molecule has 1 aromatic heterocycles. The van der Waals surface area contributed by atoms with Crippen LogP contribution >= 0.6 is 0 Å². The Morgan fingerprint density at radius 1 is 1.12 bits per heavy atom. The Balaban J connectivity index is 1.73. The van der Waals surface area contributed by atoms with E-state index in [0.29, 0.717) is 0 Å². The first-order valence-electron chi connectivity index (χ1n) is 9.14. The maximum absolute atomic E-state index is 12.5. The van der Waals surface area contributed by atoms with Crippen molar-refractivity contribution in [3.05, 3.63) is 23.9 Å². The molecule has 3 heterocycles. The molecular weight excluding hydrogens is 302 g/mol. The van der Waals surface area contributed by atoms with Gasteiger partial charge in [0.05, 0.1) is 6.04 Å². The Hall–Kier alpha value is -1.78. The molecule has 3 rings (SSSR count). The predicted octanol–water partition coefficient (Wildman–Crippen LogP) is 4.14. The van der Waals surface area contributed by atoms with Crippen molar-refractivity contribution < 1.29 is 9.53 Å². The number of amides is 1. The van der Waals surface area contributed by atoms with E-state index in [-0.39, 0.29) is 12.1 Å². The van der Waals surface area contributed by atoms with Crippen LogP contribution in [0, 0.1) is 0 Å². The number of aromatic nitrogens is 1. The summed E-state index contributed by atoms with van der Waals surface area (Å²) in [5, 5.41) is 0. The lowest BCUT2D eigenvalue weighted by Crippen LogP contribution is -2.41. The monoisotopic (exact) mass is 331 g/mol. The second-order valence-corrected chi connectivity index (χ2v) is 7.83. The van der Waals surface area contributed by atoms with Gasteiger partial charge in [-0.2, -0.15) is 0 Å². The summed E-state index contributed by atoms with van der Waals surface area (Å²) in [7, 11) is 0. The fourth-order valence-electron chi connectivity index (χ4n) is 3.55. The van der Waals surface area contributed by atoms with E-state index in [1.807, 2.05) is 31.9 Å². The molecule has 2 aliphatic heterocycles. The van der Waals surface area contributed by atoms with Crippen LogP contribution in [0.4, 0.5) is 10.6 Å². The number of ether oxygens (including phenoxy) is 1. The van der Waals surface area contributed by atoms with E-state index in [4.69, 9.17) is 4.74 Å². The zero-order chi connectivity index (χ0) is 17.2. The molecule has 132 valence electrons. The van der Waals surface area contributed by atoms with Gasteiger partial charge in [-0.1, -0.05) is 6.07 Å². The van der Waals surface area contributed by atoms with Gasteiger partial charge < -0.3 is 14.5 Å². The van der Waals surface area contributed by atoms with E-state index in [0.717, 1.165) is 50.3 Å². The number of pyridine rings is 1. The lowest BCUT2D eigenvalue weighted by atomic mass is 9.97. The summed E-state index contributed by atoms with van der Waals surface area (Å²) in [5.41, 5.74) is 0.653. The average molecular weight is 331 g/mol. The molecule has 2 saturated heterocycles. The maximum Gasteiger partial charge on any atom is 0.410 e. The van der Waals surface area contributed by atoms with Gasteiger partial charge in [0.2, 0.25) is 0 Å².